The lowest BCUT2D eigenvalue weighted by Crippen LogP contribution is -2.33. The van der Waals surface area contributed by atoms with Gasteiger partial charge in [-0.05, 0) is 68.6 Å². The minimum Gasteiger partial charge on any atom is -0.484 e. The number of aryl methyl sites for hydroxylation is 1. The van der Waals surface area contributed by atoms with Crippen molar-refractivity contribution >= 4 is 28.3 Å². The van der Waals surface area contributed by atoms with E-state index in [2.05, 4.69) is 28.6 Å². The van der Waals surface area contributed by atoms with Gasteiger partial charge in [-0.25, -0.2) is 4.98 Å². The Labute approximate surface area is 198 Å². The average molecular weight is 466 g/mol. The SMILES string of the molecule is CCCn1c(CN2CCC(C)CC2)nc2cc(NC(=O)COc3ccc([N+](=O)[O-])cc3)ccc21. The number of rotatable bonds is 9. The van der Waals surface area contributed by atoms with E-state index in [1.807, 2.05) is 18.2 Å². The van der Waals surface area contributed by atoms with Crippen LogP contribution in [0.2, 0.25) is 0 Å². The van der Waals surface area contributed by atoms with Crippen LogP contribution in [0, 0.1) is 16.0 Å². The molecule has 0 aliphatic carbocycles. The number of anilines is 1. The maximum atomic E-state index is 12.4. The van der Waals surface area contributed by atoms with Crippen LogP contribution in [0.15, 0.2) is 42.5 Å². The van der Waals surface area contributed by atoms with E-state index in [9.17, 15) is 14.9 Å². The van der Waals surface area contributed by atoms with E-state index >= 15 is 0 Å². The number of carbonyl (C=O) groups is 1. The van der Waals surface area contributed by atoms with Gasteiger partial charge in [0, 0.05) is 24.4 Å². The van der Waals surface area contributed by atoms with Crippen molar-refractivity contribution in [2.45, 2.75) is 46.2 Å². The van der Waals surface area contributed by atoms with Gasteiger partial charge in [-0.2, -0.15) is 0 Å². The molecular weight excluding hydrogens is 434 g/mol. The summed E-state index contributed by atoms with van der Waals surface area (Å²) in [6.07, 6.45) is 3.48. The van der Waals surface area contributed by atoms with Gasteiger partial charge in [-0.3, -0.25) is 19.8 Å². The number of fused-ring (bicyclic) bond motifs is 1. The second kappa shape index (κ2) is 10.6. The summed E-state index contributed by atoms with van der Waals surface area (Å²) >= 11 is 0. The summed E-state index contributed by atoms with van der Waals surface area (Å²) in [5.41, 5.74) is 2.57. The van der Waals surface area contributed by atoms with Crippen molar-refractivity contribution in [1.29, 1.82) is 0 Å². The van der Waals surface area contributed by atoms with Crippen LogP contribution in [-0.4, -0.2) is 45.0 Å². The van der Waals surface area contributed by atoms with Gasteiger partial charge in [-0.15, -0.1) is 0 Å². The molecule has 2 heterocycles. The van der Waals surface area contributed by atoms with Gasteiger partial charge in [0.15, 0.2) is 6.61 Å². The van der Waals surface area contributed by atoms with E-state index in [-0.39, 0.29) is 18.2 Å². The highest BCUT2D eigenvalue weighted by molar-refractivity contribution is 5.94. The third-order valence-corrected chi connectivity index (χ3v) is 6.22. The molecule has 9 heteroatoms. The Kier molecular flexibility index (Phi) is 7.42. The molecule has 1 saturated heterocycles. The number of imidazole rings is 1. The van der Waals surface area contributed by atoms with Crippen LogP contribution in [0.5, 0.6) is 5.75 Å². The van der Waals surface area contributed by atoms with E-state index in [0.717, 1.165) is 55.4 Å². The first-order valence-electron chi connectivity index (χ1n) is 11.8. The van der Waals surface area contributed by atoms with E-state index in [4.69, 9.17) is 9.72 Å². The van der Waals surface area contributed by atoms with Gasteiger partial charge in [0.05, 0.1) is 22.5 Å². The molecular formula is C25H31N5O4. The number of carbonyl (C=O) groups excluding carboxylic acids is 1. The average Bonchev–Trinajstić information content (AvgIpc) is 3.16. The number of likely N-dealkylation sites (tertiary alicyclic amines) is 1. The molecule has 1 aromatic heterocycles. The second-order valence-electron chi connectivity index (χ2n) is 8.93. The number of aromatic nitrogens is 2. The highest BCUT2D eigenvalue weighted by Crippen LogP contribution is 2.24. The summed E-state index contributed by atoms with van der Waals surface area (Å²) < 4.78 is 7.74. The molecule has 4 rings (SSSR count). The predicted molar refractivity (Wildman–Crippen MR) is 131 cm³/mol. The van der Waals surface area contributed by atoms with Crippen molar-refractivity contribution in [3.05, 3.63) is 58.4 Å². The second-order valence-corrected chi connectivity index (χ2v) is 8.93. The van der Waals surface area contributed by atoms with E-state index in [0.29, 0.717) is 11.4 Å². The molecule has 9 nitrogen and oxygen atoms in total. The summed E-state index contributed by atoms with van der Waals surface area (Å²) in [4.78, 5) is 30.0. The summed E-state index contributed by atoms with van der Waals surface area (Å²) in [5, 5.41) is 13.6. The number of nitrogens with zero attached hydrogens (tertiary/aromatic N) is 4. The Morgan fingerprint density at radius 1 is 1.21 bits per heavy atom. The first-order valence-corrected chi connectivity index (χ1v) is 11.8. The Morgan fingerprint density at radius 3 is 2.62 bits per heavy atom. The molecule has 1 aliphatic heterocycles. The summed E-state index contributed by atoms with van der Waals surface area (Å²) in [6.45, 7) is 8.24. The third kappa shape index (κ3) is 5.72. The molecule has 180 valence electrons. The molecule has 1 fully saturated rings. The number of nitro benzene ring substituents is 1. The lowest BCUT2D eigenvalue weighted by atomic mass is 9.99. The molecule has 0 radical (unpaired) electrons. The number of benzene rings is 2. The fourth-order valence-electron chi connectivity index (χ4n) is 4.28. The quantitative estimate of drug-likeness (QED) is 0.366. The zero-order valence-corrected chi connectivity index (χ0v) is 19.7. The number of piperidine rings is 1. The van der Waals surface area contributed by atoms with Crippen molar-refractivity contribution in [3.8, 4) is 5.75 Å². The lowest BCUT2D eigenvalue weighted by Gasteiger charge is -2.29. The fraction of sp³-hybridized carbons (Fsp3) is 0.440. The largest absolute Gasteiger partial charge is 0.484 e. The maximum Gasteiger partial charge on any atom is 0.269 e. The Hall–Kier alpha value is -3.46. The Morgan fingerprint density at radius 2 is 1.94 bits per heavy atom. The van der Waals surface area contributed by atoms with Crippen molar-refractivity contribution in [3.63, 3.8) is 0 Å². The maximum absolute atomic E-state index is 12.4. The topological polar surface area (TPSA) is 103 Å². The molecule has 1 N–H and O–H groups in total. The van der Waals surface area contributed by atoms with Crippen LogP contribution in [0.4, 0.5) is 11.4 Å². The molecule has 3 aromatic rings. The van der Waals surface area contributed by atoms with Crippen molar-refractivity contribution in [2.75, 3.05) is 25.0 Å². The monoisotopic (exact) mass is 465 g/mol. The van der Waals surface area contributed by atoms with Crippen molar-refractivity contribution in [1.82, 2.24) is 14.5 Å². The van der Waals surface area contributed by atoms with Crippen LogP contribution in [0.3, 0.4) is 0 Å². The zero-order valence-electron chi connectivity index (χ0n) is 19.7. The third-order valence-electron chi connectivity index (χ3n) is 6.22. The van der Waals surface area contributed by atoms with Crippen LogP contribution in [0.1, 0.15) is 38.9 Å². The van der Waals surface area contributed by atoms with E-state index in [1.54, 1.807) is 0 Å². The van der Waals surface area contributed by atoms with Gasteiger partial charge < -0.3 is 14.6 Å². The Bertz CT molecular complexity index is 1150. The number of non-ortho nitro benzene ring substituents is 1. The van der Waals surface area contributed by atoms with Crippen molar-refractivity contribution < 1.29 is 14.5 Å². The molecule has 34 heavy (non-hydrogen) atoms. The molecule has 2 aromatic carbocycles. The molecule has 0 atom stereocenters. The van der Waals surface area contributed by atoms with Crippen LogP contribution >= 0.6 is 0 Å². The highest BCUT2D eigenvalue weighted by Gasteiger charge is 2.19. The summed E-state index contributed by atoms with van der Waals surface area (Å²) in [7, 11) is 0. The molecule has 0 spiro atoms. The Balaban J connectivity index is 1.41. The summed E-state index contributed by atoms with van der Waals surface area (Å²) in [6, 6.07) is 11.4. The first kappa shape index (κ1) is 23.7. The highest BCUT2D eigenvalue weighted by atomic mass is 16.6. The van der Waals surface area contributed by atoms with Crippen LogP contribution in [0.25, 0.3) is 11.0 Å². The fourth-order valence-corrected chi connectivity index (χ4v) is 4.28. The molecule has 0 bridgehead atoms. The zero-order chi connectivity index (χ0) is 24.1. The van der Waals surface area contributed by atoms with Gasteiger partial charge in [0.25, 0.3) is 11.6 Å². The number of hydrogen-bond acceptors (Lipinski definition) is 6. The number of nitro groups is 1. The van der Waals surface area contributed by atoms with E-state index < -0.39 is 4.92 Å². The molecule has 1 amide bonds. The van der Waals surface area contributed by atoms with Gasteiger partial charge >= 0.3 is 0 Å². The van der Waals surface area contributed by atoms with E-state index in [1.165, 1.54) is 37.1 Å². The first-order chi connectivity index (χ1) is 16.4. The number of nitrogens with one attached hydrogen (secondary N) is 1. The molecule has 0 saturated carbocycles. The molecule has 1 aliphatic rings. The minimum absolute atomic E-state index is 0.0261. The summed E-state index contributed by atoms with van der Waals surface area (Å²) in [5.74, 6) is 1.94. The number of ether oxygens (including phenoxy) is 1. The predicted octanol–water partition coefficient (Wildman–Crippen LogP) is 4.60. The number of amides is 1. The minimum atomic E-state index is -0.479. The lowest BCUT2D eigenvalue weighted by molar-refractivity contribution is -0.384. The van der Waals surface area contributed by atoms with Gasteiger partial charge in [0.2, 0.25) is 0 Å². The standard InChI is InChI=1S/C25H31N5O4/c1-3-12-29-23-9-4-19(15-22(23)27-24(29)16-28-13-10-18(2)11-14-28)26-25(31)17-34-21-7-5-20(6-8-21)30(32)33/h4-9,15,18H,3,10-14,16-17H2,1-2H3,(H,26,31). The van der Waals surface area contributed by atoms with Gasteiger partial charge in [0.1, 0.15) is 11.6 Å². The number of hydrogen-bond donors (Lipinski definition) is 1. The van der Waals surface area contributed by atoms with Crippen LogP contribution in [-0.2, 0) is 17.9 Å². The normalized spacial score (nSPS) is 14.9. The molecule has 0 unspecified atom stereocenters. The van der Waals surface area contributed by atoms with Gasteiger partial charge in [-0.1, -0.05) is 13.8 Å². The van der Waals surface area contributed by atoms with Crippen LogP contribution < -0.4 is 10.1 Å². The smallest absolute Gasteiger partial charge is 0.269 e. The van der Waals surface area contributed by atoms with Crippen molar-refractivity contribution in [2.24, 2.45) is 5.92 Å².